The Morgan fingerprint density at radius 2 is 2.04 bits per heavy atom. The number of aryl methyl sites for hydroxylation is 1. The van der Waals surface area contributed by atoms with Gasteiger partial charge in [-0.3, -0.25) is 14.9 Å². The number of alkyl halides is 2. The summed E-state index contributed by atoms with van der Waals surface area (Å²) >= 11 is 0. The normalized spacial score (nSPS) is 11.4. The smallest absolute Gasteiger partial charge is 0.288 e. The van der Waals surface area contributed by atoms with Crippen LogP contribution in [0.4, 0.5) is 18.9 Å². The predicted octanol–water partition coefficient (Wildman–Crippen LogP) is 4.67. The van der Waals surface area contributed by atoms with Crippen molar-refractivity contribution < 1.29 is 18.0 Å². The van der Waals surface area contributed by atoms with Crippen LogP contribution in [0.3, 0.4) is 0 Å². The molecule has 0 bridgehead atoms. The Morgan fingerprint density at radius 3 is 2.70 bits per heavy atom. The van der Waals surface area contributed by atoms with Gasteiger partial charge in [-0.2, -0.15) is 13.9 Å². The maximum Gasteiger partial charge on any atom is 0.288 e. The number of halogens is 3. The van der Waals surface area contributed by atoms with E-state index in [9.17, 15) is 18.0 Å². The number of aromatic nitrogens is 3. The van der Waals surface area contributed by atoms with E-state index in [0.717, 1.165) is 12.1 Å². The van der Waals surface area contributed by atoms with Crippen molar-refractivity contribution in [3.63, 3.8) is 0 Å². The summed E-state index contributed by atoms with van der Waals surface area (Å²) in [6.45, 7) is 3.09. The number of H-pyrrole nitrogens is 1. The van der Waals surface area contributed by atoms with E-state index >= 15 is 0 Å². The minimum absolute atomic E-state index is 0.0579. The van der Waals surface area contributed by atoms with E-state index in [1.165, 1.54) is 25.3 Å². The molecule has 5 nitrogen and oxygen atoms in total. The Hall–Kier alpha value is -3.16. The fourth-order valence-corrected chi connectivity index (χ4v) is 2.56. The molecular weight excluding hydrogens is 357 g/mol. The first-order valence-corrected chi connectivity index (χ1v) is 8.27. The molecule has 1 aromatic carbocycles. The topological polar surface area (TPSA) is 70.7 Å². The van der Waals surface area contributed by atoms with Gasteiger partial charge in [-0.05, 0) is 42.8 Å². The molecule has 0 saturated heterocycles. The summed E-state index contributed by atoms with van der Waals surface area (Å²) in [6, 6.07) is 6.68. The molecule has 3 aromatic rings. The Bertz CT molecular complexity index is 985. The van der Waals surface area contributed by atoms with Gasteiger partial charge < -0.3 is 5.32 Å². The maximum absolute atomic E-state index is 14.5. The van der Waals surface area contributed by atoms with Gasteiger partial charge in [-0.15, -0.1) is 0 Å². The lowest BCUT2D eigenvalue weighted by Gasteiger charge is -2.10. The van der Waals surface area contributed by atoms with Crippen LogP contribution in [0.15, 0.2) is 42.7 Å². The van der Waals surface area contributed by atoms with Crippen molar-refractivity contribution in [1.29, 1.82) is 0 Å². The number of carbonyl (C=O) groups excluding carboxylic acids is 1. The summed E-state index contributed by atoms with van der Waals surface area (Å²) in [7, 11) is 0. The summed E-state index contributed by atoms with van der Waals surface area (Å²) in [5.74, 6) is -4.14. The van der Waals surface area contributed by atoms with Crippen LogP contribution in [0, 0.1) is 12.7 Å². The van der Waals surface area contributed by atoms with Crippen molar-refractivity contribution in [2.75, 3.05) is 5.32 Å². The molecule has 8 heteroatoms. The van der Waals surface area contributed by atoms with Gasteiger partial charge in [0.05, 0.1) is 5.69 Å². The van der Waals surface area contributed by atoms with Crippen molar-refractivity contribution in [3.05, 3.63) is 65.4 Å². The number of hydrogen-bond acceptors (Lipinski definition) is 3. The van der Waals surface area contributed by atoms with Crippen LogP contribution in [-0.2, 0) is 5.92 Å². The first kappa shape index (κ1) is 18.6. The van der Waals surface area contributed by atoms with Crippen LogP contribution in [-0.4, -0.2) is 21.1 Å². The van der Waals surface area contributed by atoms with Crippen LogP contribution in [0.25, 0.3) is 11.3 Å². The molecule has 0 atom stereocenters. The van der Waals surface area contributed by atoms with Crippen LogP contribution < -0.4 is 5.32 Å². The molecule has 0 aliphatic rings. The first-order valence-electron chi connectivity index (χ1n) is 8.27. The lowest BCUT2D eigenvalue weighted by molar-refractivity contribution is -0.0128. The number of nitrogens with one attached hydrogen (secondary N) is 2. The molecule has 140 valence electrons. The zero-order chi connectivity index (χ0) is 19.6. The summed E-state index contributed by atoms with van der Waals surface area (Å²) in [5.41, 5.74) is 1.11. The zero-order valence-corrected chi connectivity index (χ0v) is 14.7. The highest BCUT2D eigenvalue weighted by atomic mass is 19.3. The van der Waals surface area contributed by atoms with Crippen LogP contribution in [0.1, 0.15) is 35.0 Å². The van der Waals surface area contributed by atoms with Crippen LogP contribution in [0.5, 0.6) is 0 Å². The molecule has 2 heterocycles. The van der Waals surface area contributed by atoms with Crippen molar-refractivity contribution in [2.24, 2.45) is 0 Å². The summed E-state index contributed by atoms with van der Waals surface area (Å²) in [6.07, 6.45) is 2.66. The zero-order valence-electron chi connectivity index (χ0n) is 14.7. The number of carbonyl (C=O) groups is 1. The second kappa shape index (κ2) is 7.22. The van der Waals surface area contributed by atoms with E-state index in [2.05, 4.69) is 20.5 Å². The second-order valence-corrected chi connectivity index (χ2v) is 6.06. The van der Waals surface area contributed by atoms with Gasteiger partial charge in [0.25, 0.3) is 11.8 Å². The molecule has 0 spiro atoms. The first-order chi connectivity index (χ1) is 12.8. The van der Waals surface area contributed by atoms with E-state index in [-0.39, 0.29) is 22.6 Å². The molecule has 1 amide bonds. The molecule has 0 aliphatic heterocycles. The van der Waals surface area contributed by atoms with Gasteiger partial charge >= 0.3 is 0 Å². The summed E-state index contributed by atoms with van der Waals surface area (Å²) < 4.78 is 41.9. The summed E-state index contributed by atoms with van der Waals surface area (Å²) in [4.78, 5) is 16.2. The number of anilines is 1. The standard InChI is InChI=1S/C19H17F3N4O/c1-3-19(21,22)17-9-16(25-26-17)14-5-4-12(8-15(14)20)24-18(27)13-6-7-23-10-11(13)2/h4-10H,3H2,1-2H3,(H,24,27)(H,25,26). The van der Waals surface area contributed by atoms with Crippen molar-refractivity contribution in [3.8, 4) is 11.3 Å². The lowest BCUT2D eigenvalue weighted by atomic mass is 10.1. The second-order valence-electron chi connectivity index (χ2n) is 6.06. The number of aromatic amines is 1. The fourth-order valence-electron chi connectivity index (χ4n) is 2.56. The Labute approximate surface area is 153 Å². The Kier molecular flexibility index (Phi) is 4.98. The van der Waals surface area contributed by atoms with Crippen molar-refractivity contribution in [2.45, 2.75) is 26.2 Å². The van der Waals surface area contributed by atoms with Crippen LogP contribution >= 0.6 is 0 Å². The third kappa shape index (κ3) is 3.84. The largest absolute Gasteiger partial charge is 0.322 e. The molecule has 0 saturated carbocycles. The van der Waals surface area contributed by atoms with Gasteiger partial charge in [0.1, 0.15) is 11.5 Å². The molecule has 0 unspecified atom stereocenters. The molecule has 3 rings (SSSR count). The average molecular weight is 374 g/mol. The number of nitrogens with zero attached hydrogens (tertiary/aromatic N) is 2. The number of amides is 1. The van der Waals surface area contributed by atoms with E-state index < -0.39 is 24.1 Å². The minimum Gasteiger partial charge on any atom is -0.322 e. The minimum atomic E-state index is -3.06. The van der Waals surface area contributed by atoms with E-state index in [0.29, 0.717) is 11.1 Å². The third-order valence-electron chi connectivity index (χ3n) is 4.18. The van der Waals surface area contributed by atoms with Gasteiger partial charge in [-0.25, -0.2) is 4.39 Å². The molecule has 0 radical (unpaired) electrons. The quantitative estimate of drug-likeness (QED) is 0.682. The van der Waals surface area contributed by atoms with Gasteiger partial charge in [0, 0.05) is 35.6 Å². The van der Waals surface area contributed by atoms with Gasteiger partial charge in [-0.1, -0.05) is 6.92 Å². The number of hydrogen-bond donors (Lipinski definition) is 2. The van der Waals surface area contributed by atoms with E-state index in [1.54, 1.807) is 19.2 Å². The Balaban J connectivity index is 1.82. The van der Waals surface area contributed by atoms with Gasteiger partial charge in [0.2, 0.25) is 0 Å². The molecular formula is C19H17F3N4O. The van der Waals surface area contributed by atoms with Crippen molar-refractivity contribution in [1.82, 2.24) is 15.2 Å². The maximum atomic E-state index is 14.5. The molecule has 0 fully saturated rings. The third-order valence-corrected chi connectivity index (χ3v) is 4.18. The predicted molar refractivity (Wildman–Crippen MR) is 95.1 cm³/mol. The highest BCUT2D eigenvalue weighted by Crippen LogP contribution is 2.33. The number of rotatable bonds is 5. The Morgan fingerprint density at radius 1 is 1.26 bits per heavy atom. The fraction of sp³-hybridized carbons (Fsp3) is 0.211. The van der Waals surface area contributed by atoms with Crippen molar-refractivity contribution >= 4 is 11.6 Å². The van der Waals surface area contributed by atoms with E-state index in [1.807, 2.05) is 0 Å². The van der Waals surface area contributed by atoms with E-state index in [4.69, 9.17) is 0 Å². The number of pyridine rings is 1. The monoisotopic (exact) mass is 374 g/mol. The molecule has 2 N–H and O–H groups in total. The van der Waals surface area contributed by atoms with Crippen LogP contribution in [0.2, 0.25) is 0 Å². The SMILES string of the molecule is CCC(F)(F)c1cc(-c2ccc(NC(=O)c3ccncc3C)cc2F)n[nH]1. The average Bonchev–Trinajstić information content (AvgIpc) is 3.13. The molecule has 27 heavy (non-hydrogen) atoms. The highest BCUT2D eigenvalue weighted by Gasteiger charge is 2.31. The highest BCUT2D eigenvalue weighted by molar-refractivity contribution is 6.05. The lowest BCUT2D eigenvalue weighted by Crippen LogP contribution is -2.13. The number of benzene rings is 1. The van der Waals surface area contributed by atoms with Gasteiger partial charge in [0.15, 0.2) is 0 Å². The molecule has 0 aliphatic carbocycles. The summed E-state index contributed by atoms with van der Waals surface area (Å²) in [5, 5.41) is 8.63. The molecule has 2 aromatic heterocycles.